The molecule has 0 saturated carbocycles. The van der Waals surface area contributed by atoms with Crippen molar-refractivity contribution < 1.29 is 22.8 Å². The fraction of sp³-hybridized carbons (Fsp3) is 0.182. The summed E-state index contributed by atoms with van der Waals surface area (Å²) in [6.45, 7) is 0. The molecule has 3 nitrogen and oxygen atoms in total. The summed E-state index contributed by atoms with van der Waals surface area (Å²) in [4.78, 5) is 9.24. The molecule has 0 bridgehead atoms. The third-order valence-electron chi connectivity index (χ3n) is 4.36. The molecule has 0 aliphatic carbocycles. The highest BCUT2D eigenvalue weighted by molar-refractivity contribution is 9.10. The second-order valence-corrected chi connectivity index (χ2v) is 10.3. The Balaban J connectivity index is 1.72. The first kappa shape index (κ1) is 23.0. The number of hydrogen-bond acceptors (Lipinski definition) is 3. The highest BCUT2D eigenvalue weighted by atomic mass is 79.9. The first-order valence-electron chi connectivity index (χ1n) is 9.14. The van der Waals surface area contributed by atoms with Crippen molar-refractivity contribution in [1.82, 2.24) is 0 Å². The smallest absolute Gasteiger partial charge is 0.420 e. The zero-order chi connectivity index (χ0) is 21.6. The Morgan fingerprint density at radius 2 is 1.60 bits per heavy atom. The summed E-state index contributed by atoms with van der Waals surface area (Å²) in [6.07, 6.45) is -2.58. The van der Waals surface area contributed by atoms with E-state index in [9.17, 15) is 18.2 Å². The molecule has 158 valence electrons. The van der Waals surface area contributed by atoms with Gasteiger partial charge < -0.3 is 9.42 Å². The van der Waals surface area contributed by atoms with Gasteiger partial charge in [-0.15, -0.1) is 11.8 Å². The van der Waals surface area contributed by atoms with E-state index >= 15 is 0 Å². The van der Waals surface area contributed by atoms with Gasteiger partial charge in [-0.25, -0.2) is 4.57 Å². The molecule has 30 heavy (non-hydrogen) atoms. The van der Waals surface area contributed by atoms with E-state index in [1.54, 1.807) is 23.9 Å². The predicted octanol–water partition coefficient (Wildman–Crippen LogP) is 7.45. The summed E-state index contributed by atoms with van der Waals surface area (Å²) in [5.74, 6) is 0.593. The van der Waals surface area contributed by atoms with Gasteiger partial charge in [0.25, 0.3) is 0 Å². The summed E-state index contributed by atoms with van der Waals surface area (Å²) >= 11 is 5.01. The summed E-state index contributed by atoms with van der Waals surface area (Å²) < 4.78 is 41.6. The van der Waals surface area contributed by atoms with Crippen LogP contribution in [-0.4, -0.2) is 11.1 Å². The molecule has 8 heteroatoms. The van der Waals surface area contributed by atoms with Gasteiger partial charge in [-0.05, 0) is 51.2 Å². The van der Waals surface area contributed by atoms with Gasteiger partial charge in [0.05, 0.1) is 4.47 Å². The average Bonchev–Trinajstić information content (AvgIpc) is 2.74. The van der Waals surface area contributed by atoms with Gasteiger partial charge in [0, 0.05) is 11.0 Å². The lowest BCUT2D eigenvalue weighted by Crippen LogP contribution is -2.02. The molecular weight excluding hydrogens is 493 g/mol. The molecule has 0 radical (unpaired) electrons. The summed E-state index contributed by atoms with van der Waals surface area (Å²) in [5, 5.41) is 0.236. The highest BCUT2D eigenvalue weighted by Gasteiger charge is 2.34. The molecular formula is C22H20BrF2O3PS. The van der Waals surface area contributed by atoms with Gasteiger partial charge in [-0.1, -0.05) is 66.7 Å². The van der Waals surface area contributed by atoms with E-state index in [0.717, 1.165) is 12.0 Å². The van der Waals surface area contributed by atoms with E-state index in [1.165, 1.54) is 17.2 Å². The summed E-state index contributed by atoms with van der Waals surface area (Å²) in [5.41, 5.74) is 3.41. The van der Waals surface area contributed by atoms with Crippen LogP contribution in [0.4, 0.5) is 8.78 Å². The van der Waals surface area contributed by atoms with Crippen molar-refractivity contribution in [3.05, 3.63) is 100 Å². The second-order valence-electron chi connectivity index (χ2n) is 6.60. The normalized spacial score (nSPS) is 14.3. The van der Waals surface area contributed by atoms with Crippen molar-refractivity contribution in [2.24, 2.45) is 0 Å². The van der Waals surface area contributed by atoms with Gasteiger partial charge in [0.1, 0.15) is 5.75 Å². The van der Waals surface area contributed by atoms with E-state index in [0.29, 0.717) is 10.2 Å². The topological polar surface area (TPSA) is 46.5 Å². The van der Waals surface area contributed by atoms with Gasteiger partial charge in [0.2, 0.25) is 0 Å². The number of hydrogen-bond donors (Lipinski definition) is 1. The molecule has 0 aromatic heterocycles. The third-order valence-corrected chi connectivity index (χ3v) is 7.27. The average molecular weight is 513 g/mol. The lowest BCUT2D eigenvalue weighted by atomic mass is 10.0. The van der Waals surface area contributed by atoms with E-state index in [1.807, 2.05) is 36.4 Å². The largest absolute Gasteiger partial charge is 0.442 e. The zero-order valence-corrected chi connectivity index (χ0v) is 19.1. The molecule has 0 amide bonds. The lowest BCUT2D eigenvalue weighted by Gasteiger charge is -2.18. The van der Waals surface area contributed by atoms with Crippen LogP contribution in [-0.2, 0) is 16.7 Å². The maximum atomic E-state index is 12.6. The Morgan fingerprint density at radius 1 is 0.967 bits per heavy atom. The molecule has 0 aliphatic heterocycles. The maximum Gasteiger partial charge on any atom is 0.442 e. The molecule has 3 aromatic rings. The minimum atomic E-state index is -5.01. The van der Waals surface area contributed by atoms with Crippen molar-refractivity contribution in [2.75, 3.05) is 0 Å². The van der Waals surface area contributed by atoms with Gasteiger partial charge in [-0.2, -0.15) is 8.78 Å². The van der Waals surface area contributed by atoms with Crippen molar-refractivity contribution in [3.63, 3.8) is 0 Å². The maximum absolute atomic E-state index is 12.6. The quantitative estimate of drug-likeness (QED) is 0.302. The molecule has 0 heterocycles. The standard InChI is InChI=1S/C22H20BrF2O3PS/c23-19-13-17(11-12-20(19)28-29(26,27)22(24)25)15-30-21(18-9-5-2-6-10-18)14-16-7-3-1-4-8-16/h1-13,21-22H,14-15H2,(H,26,27). The van der Waals surface area contributed by atoms with Crippen LogP contribution in [0.5, 0.6) is 5.75 Å². The molecule has 0 spiro atoms. The van der Waals surface area contributed by atoms with E-state index in [-0.39, 0.29) is 11.0 Å². The van der Waals surface area contributed by atoms with E-state index < -0.39 is 13.8 Å². The SMILES string of the molecule is O=P(O)(Oc1ccc(CSC(Cc2ccccc2)c2ccccc2)cc1Br)C(F)F. The Hall–Kier alpha value is -1.66. The van der Waals surface area contributed by atoms with Gasteiger partial charge in [-0.3, -0.25) is 0 Å². The van der Waals surface area contributed by atoms with Crippen LogP contribution in [0, 0.1) is 0 Å². The van der Waals surface area contributed by atoms with Gasteiger partial charge in [0.15, 0.2) is 0 Å². The molecule has 0 saturated heterocycles. The fourth-order valence-corrected chi connectivity index (χ4v) is 5.24. The molecule has 2 unspecified atom stereocenters. The number of alkyl halides is 2. The molecule has 2 atom stereocenters. The number of rotatable bonds is 9. The lowest BCUT2D eigenvalue weighted by molar-refractivity contribution is 0.188. The van der Waals surface area contributed by atoms with Crippen LogP contribution in [0.15, 0.2) is 83.3 Å². The Bertz CT molecular complexity index is 1010. The Kier molecular flexibility index (Phi) is 8.12. The molecule has 0 fully saturated rings. The van der Waals surface area contributed by atoms with Gasteiger partial charge >= 0.3 is 13.8 Å². The van der Waals surface area contributed by atoms with Crippen LogP contribution in [0.2, 0.25) is 0 Å². The van der Waals surface area contributed by atoms with Crippen molar-refractivity contribution in [1.29, 1.82) is 0 Å². The Labute approximate surface area is 187 Å². The number of thioether (sulfide) groups is 1. The van der Waals surface area contributed by atoms with Crippen LogP contribution in [0.3, 0.4) is 0 Å². The zero-order valence-electron chi connectivity index (χ0n) is 15.8. The summed E-state index contributed by atoms with van der Waals surface area (Å²) in [7, 11) is -5.01. The first-order chi connectivity index (χ1) is 14.3. The van der Waals surface area contributed by atoms with Crippen molar-refractivity contribution >= 4 is 35.3 Å². The molecule has 0 aliphatic rings. The van der Waals surface area contributed by atoms with E-state index in [4.69, 9.17) is 0 Å². The number of benzene rings is 3. The van der Waals surface area contributed by atoms with Crippen LogP contribution in [0.1, 0.15) is 21.9 Å². The molecule has 3 aromatic carbocycles. The third kappa shape index (κ3) is 6.42. The van der Waals surface area contributed by atoms with Crippen LogP contribution >= 0.6 is 35.3 Å². The number of halogens is 3. The second kappa shape index (κ2) is 10.6. The predicted molar refractivity (Wildman–Crippen MR) is 121 cm³/mol. The Morgan fingerprint density at radius 3 is 2.20 bits per heavy atom. The van der Waals surface area contributed by atoms with Crippen LogP contribution in [0.25, 0.3) is 0 Å². The monoisotopic (exact) mass is 512 g/mol. The molecule has 3 rings (SSSR count). The van der Waals surface area contributed by atoms with Crippen molar-refractivity contribution in [3.8, 4) is 5.75 Å². The summed E-state index contributed by atoms with van der Waals surface area (Å²) in [6, 6.07) is 25.4. The molecule has 1 N–H and O–H groups in total. The fourth-order valence-electron chi connectivity index (χ4n) is 2.85. The minimum absolute atomic E-state index is 0.0845. The minimum Gasteiger partial charge on any atom is -0.420 e. The van der Waals surface area contributed by atoms with Crippen LogP contribution < -0.4 is 4.52 Å². The van der Waals surface area contributed by atoms with Crippen molar-refractivity contribution in [2.45, 2.75) is 23.6 Å². The van der Waals surface area contributed by atoms with E-state index in [2.05, 4.69) is 44.7 Å². The first-order valence-corrected chi connectivity index (χ1v) is 12.6. The highest BCUT2D eigenvalue weighted by Crippen LogP contribution is 2.50.